The molecule has 0 saturated heterocycles. The van der Waals surface area contributed by atoms with Gasteiger partial charge in [-0.2, -0.15) is 18.3 Å². The molecular formula is C18H13ClF3N5. The zero-order chi connectivity index (χ0) is 18.8. The zero-order valence-electron chi connectivity index (χ0n) is 13.9. The van der Waals surface area contributed by atoms with Crippen LogP contribution in [0, 0.1) is 0 Å². The average molecular weight is 392 g/mol. The van der Waals surface area contributed by atoms with Crippen LogP contribution in [0.15, 0.2) is 30.5 Å². The van der Waals surface area contributed by atoms with Crippen molar-refractivity contribution in [1.29, 1.82) is 0 Å². The number of rotatable bonds is 2. The highest BCUT2D eigenvalue weighted by Crippen LogP contribution is 2.39. The molecule has 0 radical (unpaired) electrons. The number of halogens is 4. The number of nitrogens with one attached hydrogen (secondary N) is 1. The van der Waals surface area contributed by atoms with Crippen LogP contribution < -0.4 is 0 Å². The first-order valence-electron chi connectivity index (χ1n) is 8.51. The molecule has 5 rings (SSSR count). The van der Waals surface area contributed by atoms with Crippen molar-refractivity contribution >= 4 is 33.7 Å². The summed E-state index contributed by atoms with van der Waals surface area (Å²) in [6, 6.07) is 5.88. The normalized spacial score (nSPS) is 15.6. The number of fused-ring (bicyclic) bond motifs is 2. The highest BCUT2D eigenvalue weighted by Gasteiger charge is 2.34. The minimum Gasteiger partial charge on any atom is -0.280 e. The van der Waals surface area contributed by atoms with Crippen molar-refractivity contribution in [2.24, 2.45) is 0 Å². The predicted molar refractivity (Wildman–Crippen MR) is 95.1 cm³/mol. The van der Waals surface area contributed by atoms with Crippen LogP contribution >= 0.6 is 11.6 Å². The van der Waals surface area contributed by atoms with Crippen LogP contribution in [0.25, 0.3) is 27.8 Å². The average Bonchev–Trinajstić information content (AvgIpc) is 3.15. The summed E-state index contributed by atoms with van der Waals surface area (Å²) in [5.41, 5.74) is 0.995. The van der Waals surface area contributed by atoms with Gasteiger partial charge >= 0.3 is 6.18 Å². The number of alkyl halides is 3. The number of aromatic amines is 1. The van der Waals surface area contributed by atoms with Crippen LogP contribution in [-0.4, -0.2) is 24.7 Å². The molecule has 1 aliphatic carbocycles. The molecule has 1 fully saturated rings. The second kappa shape index (κ2) is 5.69. The zero-order valence-corrected chi connectivity index (χ0v) is 14.6. The van der Waals surface area contributed by atoms with Gasteiger partial charge in [0.05, 0.1) is 22.4 Å². The molecule has 0 atom stereocenters. The smallest absolute Gasteiger partial charge is 0.280 e. The summed E-state index contributed by atoms with van der Waals surface area (Å²) >= 11 is 6.35. The van der Waals surface area contributed by atoms with Gasteiger partial charge in [-0.05, 0) is 37.1 Å². The molecule has 1 aliphatic rings. The SMILES string of the molecule is FC(F)(F)c1ccc2nc(C3CCC3)n(-c3cc(Cl)c4[nH]ncc4c3)c2n1. The second-order valence-corrected chi connectivity index (χ2v) is 7.14. The summed E-state index contributed by atoms with van der Waals surface area (Å²) in [4.78, 5) is 8.49. The maximum atomic E-state index is 13.2. The molecule has 138 valence electrons. The molecular weight excluding hydrogens is 379 g/mol. The largest absolute Gasteiger partial charge is 0.433 e. The maximum absolute atomic E-state index is 13.2. The monoisotopic (exact) mass is 391 g/mol. The van der Waals surface area contributed by atoms with Crippen molar-refractivity contribution in [2.75, 3.05) is 0 Å². The van der Waals surface area contributed by atoms with Crippen LogP contribution in [0.3, 0.4) is 0 Å². The molecule has 1 aromatic carbocycles. The first kappa shape index (κ1) is 16.6. The van der Waals surface area contributed by atoms with Crippen molar-refractivity contribution in [3.8, 4) is 5.69 Å². The molecule has 9 heteroatoms. The van der Waals surface area contributed by atoms with E-state index in [9.17, 15) is 13.2 Å². The minimum atomic E-state index is -4.52. The Kier molecular flexibility index (Phi) is 3.49. The van der Waals surface area contributed by atoms with Crippen molar-refractivity contribution in [3.63, 3.8) is 0 Å². The Balaban J connectivity index is 1.81. The molecule has 0 bridgehead atoms. The van der Waals surface area contributed by atoms with Crippen LogP contribution in [0.4, 0.5) is 13.2 Å². The van der Waals surface area contributed by atoms with E-state index in [1.54, 1.807) is 16.8 Å². The third-order valence-corrected chi connectivity index (χ3v) is 5.33. The van der Waals surface area contributed by atoms with E-state index >= 15 is 0 Å². The fourth-order valence-corrected chi connectivity index (χ4v) is 3.72. The van der Waals surface area contributed by atoms with Crippen LogP contribution in [0.2, 0.25) is 5.02 Å². The lowest BCUT2D eigenvalue weighted by molar-refractivity contribution is -0.141. The van der Waals surface area contributed by atoms with E-state index in [4.69, 9.17) is 11.6 Å². The standard InChI is InChI=1S/C18H13ClF3N5/c19-12-7-11(6-10-8-23-26-15(10)12)27-16(9-2-1-3-9)24-13-4-5-14(18(20,21)22)25-17(13)27/h4-9H,1-3H2,(H,23,26). The van der Waals surface area contributed by atoms with Crippen molar-refractivity contribution in [3.05, 3.63) is 47.0 Å². The number of nitrogens with zero attached hydrogens (tertiary/aromatic N) is 4. The van der Waals surface area contributed by atoms with Gasteiger partial charge in [0.1, 0.15) is 17.0 Å². The maximum Gasteiger partial charge on any atom is 0.433 e. The van der Waals surface area contributed by atoms with E-state index in [1.165, 1.54) is 6.07 Å². The topological polar surface area (TPSA) is 59.4 Å². The molecule has 1 saturated carbocycles. The quantitative estimate of drug-likeness (QED) is 0.508. The van der Waals surface area contributed by atoms with Gasteiger partial charge < -0.3 is 0 Å². The third kappa shape index (κ3) is 2.58. The number of imidazole rings is 1. The second-order valence-electron chi connectivity index (χ2n) is 6.73. The summed E-state index contributed by atoms with van der Waals surface area (Å²) in [6.07, 6.45) is 0.0956. The van der Waals surface area contributed by atoms with Gasteiger partial charge in [0.15, 0.2) is 5.65 Å². The number of pyridine rings is 1. The van der Waals surface area contributed by atoms with E-state index in [2.05, 4.69) is 20.2 Å². The van der Waals surface area contributed by atoms with Gasteiger partial charge in [-0.3, -0.25) is 9.67 Å². The number of hydrogen-bond donors (Lipinski definition) is 1. The molecule has 3 aromatic heterocycles. The Morgan fingerprint density at radius 3 is 2.67 bits per heavy atom. The van der Waals surface area contributed by atoms with Crippen molar-refractivity contribution < 1.29 is 13.2 Å². The van der Waals surface area contributed by atoms with Gasteiger partial charge in [0.2, 0.25) is 0 Å². The molecule has 5 nitrogen and oxygen atoms in total. The number of hydrogen-bond acceptors (Lipinski definition) is 3. The summed E-state index contributed by atoms with van der Waals surface area (Å²) in [5.74, 6) is 0.925. The molecule has 4 aromatic rings. The third-order valence-electron chi connectivity index (χ3n) is 5.03. The molecule has 0 aliphatic heterocycles. The molecule has 27 heavy (non-hydrogen) atoms. The summed E-state index contributed by atoms with van der Waals surface area (Å²) in [6.45, 7) is 0. The number of aromatic nitrogens is 5. The molecule has 0 amide bonds. The Morgan fingerprint density at radius 1 is 1.15 bits per heavy atom. The first-order valence-corrected chi connectivity index (χ1v) is 8.89. The van der Waals surface area contributed by atoms with Gasteiger partial charge in [0, 0.05) is 11.3 Å². The van der Waals surface area contributed by atoms with E-state index in [-0.39, 0.29) is 11.6 Å². The Hall–Kier alpha value is -2.61. The van der Waals surface area contributed by atoms with Crippen LogP contribution in [-0.2, 0) is 6.18 Å². The molecule has 1 N–H and O–H groups in total. The first-order chi connectivity index (χ1) is 12.9. The van der Waals surface area contributed by atoms with Crippen molar-refractivity contribution in [1.82, 2.24) is 24.7 Å². The lowest BCUT2D eigenvalue weighted by Crippen LogP contribution is -2.15. The van der Waals surface area contributed by atoms with Gasteiger partial charge in [-0.25, -0.2) is 9.97 Å². The van der Waals surface area contributed by atoms with Gasteiger partial charge in [-0.1, -0.05) is 18.0 Å². The van der Waals surface area contributed by atoms with Crippen LogP contribution in [0.1, 0.15) is 36.7 Å². The molecule has 3 heterocycles. The lowest BCUT2D eigenvalue weighted by atomic mass is 9.85. The predicted octanol–water partition coefficient (Wildman–Crippen LogP) is 5.24. The minimum absolute atomic E-state index is 0.186. The highest BCUT2D eigenvalue weighted by molar-refractivity contribution is 6.35. The summed E-state index contributed by atoms with van der Waals surface area (Å²) in [5, 5.41) is 8.00. The number of benzene rings is 1. The van der Waals surface area contributed by atoms with E-state index in [1.807, 2.05) is 6.07 Å². The fourth-order valence-electron chi connectivity index (χ4n) is 3.46. The molecule has 0 unspecified atom stereocenters. The van der Waals surface area contributed by atoms with Gasteiger partial charge in [0.25, 0.3) is 0 Å². The fraction of sp³-hybridized carbons (Fsp3) is 0.278. The molecule has 0 spiro atoms. The summed E-state index contributed by atoms with van der Waals surface area (Å²) in [7, 11) is 0. The van der Waals surface area contributed by atoms with E-state index in [0.717, 1.165) is 36.5 Å². The van der Waals surface area contributed by atoms with E-state index < -0.39 is 11.9 Å². The van der Waals surface area contributed by atoms with Crippen LogP contribution in [0.5, 0.6) is 0 Å². The lowest BCUT2D eigenvalue weighted by Gasteiger charge is -2.25. The van der Waals surface area contributed by atoms with E-state index in [0.29, 0.717) is 21.7 Å². The van der Waals surface area contributed by atoms with Gasteiger partial charge in [-0.15, -0.1) is 0 Å². The Labute approximate surface area is 156 Å². The Morgan fingerprint density at radius 2 is 1.96 bits per heavy atom. The highest BCUT2D eigenvalue weighted by atomic mass is 35.5. The number of H-pyrrole nitrogens is 1. The Bertz CT molecular complexity index is 1170. The van der Waals surface area contributed by atoms with Crippen molar-refractivity contribution in [2.45, 2.75) is 31.4 Å². The summed E-state index contributed by atoms with van der Waals surface area (Å²) < 4.78 is 41.3.